The van der Waals surface area contributed by atoms with Crippen LogP contribution in [0.1, 0.15) is 72.8 Å². The van der Waals surface area contributed by atoms with Crippen LogP contribution in [0.25, 0.3) is 0 Å². The maximum absolute atomic E-state index is 13.7. The zero-order valence-corrected chi connectivity index (χ0v) is 29.4. The van der Waals surface area contributed by atoms with Crippen LogP contribution in [0.15, 0.2) is 30.3 Å². The predicted octanol–water partition coefficient (Wildman–Crippen LogP) is -0.731. The average molecular weight is 691 g/mol. The largest absolute Gasteiger partial charge is 0.459 e. The molecular weight excluding hydrogens is 636 g/mol. The molecule has 15 heteroatoms. The van der Waals surface area contributed by atoms with Crippen molar-refractivity contribution in [1.82, 2.24) is 26.2 Å². The molecule has 1 fully saturated rings. The van der Waals surface area contributed by atoms with Crippen molar-refractivity contribution < 1.29 is 43.7 Å². The molecule has 5 amide bonds. The zero-order valence-electron chi connectivity index (χ0n) is 29.4. The molecule has 0 bridgehead atoms. The smallest absolute Gasteiger partial charge is 0.323 e. The van der Waals surface area contributed by atoms with Crippen LogP contribution in [0.2, 0.25) is 0 Å². The van der Waals surface area contributed by atoms with Crippen molar-refractivity contribution in [2.24, 2.45) is 11.7 Å². The highest BCUT2D eigenvalue weighted by Crippen LogP contribution is 2.22. The number of carbonyl (C=O) groups excluding carboxylic acids is 6. The minimum Gasteiger partial charge on any atom is -0.459 e. The molecule has 0 spiro atoms. The Labute approximate surface area is 288 Å². The molecule has 1 aliphatic rings. The van der Waals surface area contributed by atoms with E-state index in [-0.39, 0.29) is 25.3 Å². The number of ether oxygens (including phenoxy) is 1. The molecule has 2 rings (SSSR count). The molecule has 15 nitrogen and oxygen atoms in total. The molecule has 1 saturated heterocycles. The van der Waals surface area contributed by atoms with Gasteiger partial charge in [0.05, 0.1) is 25.2 Å². The Morgan fingerprint density at radius 2 is 1.53 bits per heavy atom. The lowest BCUT2D eigenvalue weighted by molar-refractivity contribution is -0.160. The topological polar surface area (TPSA) is 229 Å². The summed E-state index contributed by atoms with van der Waals surface area (Å²) in [5.41, 5.74) is 5.56. The molecule has 0 saturated carbocycles. The Balaban J connectivity index is 2.29. The number of β-amino-alcohol motifs (C(OH)–C–C–N with tert-alkyl or cyclic N) is 1. The summed E-state index contributed by atoms with van der Waals surface area (Å²) in [7, 11) is 0. The van der Waals surface area contributed by atoms with E-state index in [1.165, 1.54) is 6.92 Å². The van der Waals surface area contributed by atoms with E-state index in [9.17, 15) is 39.0 Å². The van der Waals surface area contributed by atoms with Gasteiger partial charge in [-0.15, -0.1) is 0 Å². The van der Waals surface area contributed by atoms with Crippen LogP contribution in [-0.2, 0) is 39.9 Å². The number of aliphatic hydroxyl groups excluding tert-OH is 2. The Kier molecular flexibility index (Phi) is 16.1. The number of likely N-dealkylation sites (tertiary alicyclic amines) is 1. The molecular formula is C34H54N6O9. The van der Waals surface area contributed by atoms with Crippen molar-refractivity contribution in [2.75, 3.05) is 19.7 Å². The number of primary amides is 1. The lowest BCUT2D eigenvalue weighted by atomic mass is 9.99. The molecule has 49 heavy (non-hydrogen) atoms. The highest BCUT2D eigenvalue weighted by atomic mass is 16.6. The van der Waals surface area contributed by atoms with Crippen LogP contribution in [-0.4, -0.2) is 112 Å². The van der Waals surface area contributed by atoms with Gasteiger partial charge in [-0.1, -0.05) is 44.2 Å². The van der Waals surface area contributed by atoms with Crippen molar-refractivity contribution >= 4 is 35.5 Å². The number of amides is 5. The fraction of sp³-hybridized carbons (Fsp3) is 0.647. The number of rotatable bonds is 18. The van der Waals surface area contributed by atoms with Gasteiger partial charge < -0.3 is 42.0 Å². The van der Waals surface area contributed by atoms with E-state index in [1.807, 2.05) is 35.2 Å². The van der Waals surface area contributed by atoms with Gasteiger partial charge in [0, 0.05) is 13.5 Å². The molecule has 1 aromatic rings. The fourth-order valence-corrected chi connectivity index (χ4v) is 5.58. The van der Waals surface area contributed by atoms with Gasteiger partial charge in [-0.3, -0.25) is 33.7 Å². The molecule has 1 heterocycles. The van der Waals surface area contributed by atoms with Crippen LogP contribution >= 0.6 is 0 Å². The third kappa shape index (κ3) is 14.5. The minimum absolute atomic E-state index is 0.0390. The second-order valence-electron chi connectivity index (χ2n) is 13.9. The first-order valence-corrected chi connectivity index (χ1v) is 16.7. The first kappa shape index (κ1) is 41.1. The van der Waals surface area contributed by atoms with E-state index in [2.05, 4.69) is 21.3 Å². The number of nitrogens with one attached hydrogen (secondary N) is 4. The third-order valence-electron chi connectivity index (χ3n) is 7.81. The van der Waals surface area contributed by atoms with E-state index in [4.69, 9.17) is 10.5 Å². The number of hydrogen-bond donors (Lipinski definition) is 7. The fourth-order valence-electron chi connectivity index (χ4n) is 5.58. The summed E-state index contributed by atoms with van der Waals surface area (Å²) in [5.74, 6) is -4.34. The molecule has 6 atom stereocenters. The van der Waals surface area contributed by atoms with Crippen molar-refractivity contribution in [1.29, 1.82) is 0 Å². The van der Waals surface area contributed by atoms with Gasteiger partial charge in [0.2, 0.25) is 29.5 Å². The first-order valence-electron chi connectivity index (χ1n) is 16.7. The van der Waals surface area contributed by atoms with Crippen molar-refractivity contribution in [3.05, 3.63) is 35.9 Å². The molecule has 0 unspecified atom stereocenters. The number of benzene rings is 1. The summed E-state index contributed by atoms with van der Waals surface area (Å²) in [6.45, 7) is 9.99. The Hall–Kier alpha value is -4.08. The number of nitrogens with two attached hydrogens (primary N) is 1. The van der Waals surface area contributed by atoms with Gasteiger partial charge in [0.25, 0.3) is 0 Å². The summed E-state index contributed by atoms with van der Waals surface area (Å²) >= 11 is 0. The van der Waals surface area contributed by atoms with Crippen LogP contribution in [0.3, 0.4) is 0 Å². The molecule has 1 aromatic carbocycles. The zero-order chi connectivity index (χ0) is 36.9. The van der Waals surface area contributed by atoms with Gasteiger partial charge in [-0.25, -0.2) is 0 Å². The molecule has 0 aromatic heterocycles. The predicted molar refractivity (Wildman–Crippen MR) is 180 cm³/mol. The number of nitrogens with zero attached hydrogens (tertiary/aromatic N) is 1. The highest BCUT2D eigenvalue weighted by Gasteiger charge is 2.37. The van der Waals surface area contributed by atoms with Gasteiger partial charge in [0.1, 0.15) is 29.8 Å². The van der Waals surface area contributed by atoms with Crippen LogP contribution in [0.4, 0.5) is 0 Å². The summed E-state index contributed by atoms with van der Waals surface area (Å²) < 4.78 is 5.59. The maximum atomic E-state index is 13.7. The molecule has 274 valence electrons. The standard InChI is InChI=1S/C34H54N6O9/c1-20(2)15-24(38-32(47)26(19-41)36-21(3)42)30(45)39-25(17-29(35)44)31(46)37-23(16-22-11-8-7-9-12-22)28(43)18-40-14-10-13-27(40)33(48)49-34(4,5)6/h7-9,11-12,20,23-28,41,43H,10,13-19H2,1-6H3,(H2,35,44)(H,36,42)(H,37,46)(H,38,47)(H,39,45)/t23-,24-,25-,26-,27-,28-/m0/s1. The van der Waals surface area contributed by atoms with Crippen molar-refractivity contribution in [3.63, 3.8) is 0 Å². The molecule has 8 N–H and O–H groups in total. The van der Waals surface area contributed by atoms with Gasteiger partial charge in [-0.05, 0) is 64.5 Å². The average Bonchev–Trinajstić information content (AvgIpc) is 3.46. The van der Waals surface area contributed by atoms with Gasteiger partial charge in [0.15, 0.2) is 0 Å². The number of hydrogen-bond acceptors (Lipinski definition) is 10. The lowest BCUT2D eigenvalue weighted by Gasteiger charge is -2.32. The van der Waals surface area contributed by atoms with E-state index < -0.39 is 90.4 Å². The van der Waals surface area contributed by atoms with Crippen molar-refractivity contribution in [2.45, 2.75) is 116 Å². The Morgan fingerprint density at radius 3 is 2.08 bits per heavy atom. The normalized spacial score (nSPS) is 18.0. The van der Waals surface area contributed by atoms with Gasteiger partial charge in [-0.2, -0.15) is 0 Å². The lowest BCUT2D eigenvalue weighted by Crippen LogP contribution is -2.59. The number of aliphatic hydroxyl groups is 2. The Morgan fingerprint density at radius 1 is 0.939 bits per heavy atom. The summed E-state index contributed by atoms with van der Waals surface area (Å²) in [6.07, 6.45) is -0.155. The van der Waals surface area contributed by atoms with E-state index in [0.717, 1.165) is 12.0 Å². The van der Waals surface area contributed by atoms with Crippen LogP contribution in [0, 0.1) is 5.92 Å². The quantitative estimate of drug-likeness (QED) is 0.0955. The second-order valence-corrected chi connectivity index (χ2v) is 13.9. The third-order valence-corrected chi connectivity index (χ3v) is 7.81. The Bertz CT molecular complexity index is 1290. The van der Waals surface area contributed by atoms with Crippen LogP contribution < -0.4 is 27.0 Å². The second kappa shape index (κ2) is 19.2. The number of esters is 1. The monoisotopic (exact) mass is 690 g/mol. The van der Waals surface area contributed by atoms with E-state index in [1.54, 1.807) is 34.6 Å². The minimum atomic E-state index is -1.47. The SMILES string of the molecule is CC(=O)N[C@@H](CO)C(=O)N[C@@H](CC(C)C)C(=O)N[C@@H](CC(N)=O)C(=O)N[C@@H](Cc1ccccc1)[C@@H](O)CN1CCC[C@H]1C(=O)OC(C)(C)C. The van der Waals surface area contributed by atoms with Gasteiger partial charge >= 0.3 is 5.97 Å². The van der Waals surface area contributed by atoms with Crippen molar-refractivity contribution in [3.8, 4) is 0 Å². The van der Waals surface area contributed by atoms with Crippen LogP contribution in [0.5, 0.6) is 0 Å². The molecule has 0 aliphatic carbocycles. The maximum Gasteiger partial charge on any atom is 0.323 e. The molecule has 1 aliphatic heterocycles. The van der Waals surface area contributed by atoms with E-state index >= 15 is 0 Å². The summed E-state index contributed by atoms with van der Waals surface area (Å²) in [4.78, 5) is 78.3. The number of carbonyl (C=O) groups is 6. The molecule has 0 radical (unpaired) electrons. The first-order chi connectivity index (χ1) is 22.9. The summed E-state index contributed by atoms with van der Waals surface area (Å²) in [5, 5.41) is 31.2. The van der Waals surface area contributed by atoms with E-state index in [0.29, 0.717) is 13.0 Å². The summed E-state index contributed by atoms with van der Waals surface area (Å²) in [6, 6.07) is 3.67. The highest BCUT2D eigenvalue weighted by molar-refractivity contribution is 5.95.